The highest BCUT2D eigenvalue weighted by molar-refractivity contribution is 8.01. The largest absolute Gasteiger partial charge is 0.487 e. The van der Waals surface area contributed by atoms with Gasteiger partial charge in [0.2, 0.25) is 0 Å². The maximum Gasteiger partial charge on any atom is 0.263 e. The molecule has 106 valence electrons. The minimum Gasteiger partial charge on any atom is -0.487 e. The highest BCUT2D eigenvalue weighted by Gasteiger charge is 2.28. The number of thiophene rings is 1. The van der Waals surface area contributed by atoms with E-state index < -0.39 is 0 Å². The van der Waals surface area contributed by atoms with Crippen LogP contribution in [-0.4, -0.2) is 23.8 Å². The van der Waals surface area contributed by atoms with E-state index in [1.54, 1.807) is 11.8 Å². The molecule has 4 nitrogen and oxygen atoms in total. The number of rotatable bonds is 6. The number of nitrogens with two attached hydrogens (primary N) is 1. The van der Waals surface area contributed by atoms with Gasteiger partial charge in [-0.15, -0.1) is 23.1 Å². The molecule has 1 aliphatic carbocycles. The van der Waals surface area contributed by atoms with Crippen LogP contribution in [0.3, 0.4) is 0 Å². The van der Waals surface area contributed by atoms with Gasteiger partial charge in [0, 0.05) is 6.04 Å². The van der Waals surface area contributed by atoms with Gasteiger partial charge in [0.1, 0.15) is 9.09 Å². The van der Waals surface area contributed by atoms with Crippen molar-refractivity contribution < 1.29 is 9.53 Å². The van der Waals surface area contributed by atoms with Gasteiger partial charge in [0.05, 0.1) is 11.8 Å². The van der Waals surface area contributed by atoms with Gasteiger partial charge in [-0.25, -0.2) is 0 Å². The molecule has 0 spiro atoms. The fourth-order valence-electron chi connectivity index (χ4n) is 1.63. The summed E-state index contributed by atoms with van der Waals surface area (Å²) in [5, 5.41) is 2.97. The van der Waals surface area contributed by atoms with E-state index in [9.17, 15) is 4.79 Å². The Morgan fingerprint density at radius 3 is 2.79 bits per heavy atom. The molecule has 0 atom stereocenters. The summed E-state index contributed by atoms with van der Waals surface area (Å²) in [4.78, 5) is 12.7. The predicted molar refractivity (Wildman–Crippen MR) is 81.4 cm³/mol. The predicted octanol–water partition coefficient (Wildman–Crippen LogP) is 3.12. The van der Waals surface area contributed by atoms with Crippen molar-refractivity contribution in [3.8, 4) is 5.75 Å². The summed E-state index contributed by atoms with van der Waals surface area (Å²) >= 11 is 3.10. The molecule has 2 rings (SSSR count). The smallest absolute Gasteiger partial charge is 0.263 e. The van der Waals surface area contributed by atoms with Crippen LogP contribution in [0.5, 0.6) is 5.75 Å². The molecule has 0 aliphatic heterocycles. The number of thioether (sulfide) groups is 1. The molecule has 6 heteroatoms. The maximum absolute atomic E-state index is 12.1. The van der Waals surface area contributed by atoms with E-state index in [4.69, 9.17) is 10.5 Å². The first-order chi connectivity index (χ1) is 9.02. The number of ether oxygens (including phenoxy) is 1. The monoisotopic (exact) mass is 300 g/mol. The van der Waals surface area contributed by atoms with Crippen LogP contribution in [0, 0.1) is 0 Å². The summed E-state index contributed by atoms with van der Waals surface area (Å²) in [5.41, 5.74) is 6.57. The fourth-order valence-corrected chi connectivity index (χ4v) is 3.81. The number of hydrogen-bond acceptors (Lipinski definition) is 5. The first-order valence-corrected chi connectivity index (χ1v) is 8.35. The number of nitrogen functional groups attached to an aromatic ring is 1. The van der Waals surface area contributed by atoms with Crippen LogP contribution in [0.25, 0.3) is 0 Å². The Hall–Kier alpha value is -0.880. The van der Waals surface area contributed by atoms with Crippen molar-refractivity contribution in [2.24, 2.45) is 0 Å². The zero-order valence-electron chi connectivity index (χ0n) is 11.5. The molecule has 0 radical (unpaired) electrons. The molecule has 0 aromatic carbocycles. The number of hydrogen-bond donors (Lipinski definition) is 2. The van der Waals surface area contributed by atoms with E-state index in [2.05, 4.69) is 12.2 Å². The molecule has 0 bridgehead atoms. The molecule has 1 fully saturated rings. The Bertz CT molecular complexity index is 467. The SMILES string of the molecule is CCSc1sc(C(=O)NC2CC2)c(N)c1OC(C)C. The minimum absolute atomic E-state index is 0.0486. The van der Waals surface area contributed by atoms with Crippen molar-refractivity contribution >= 4 is 34.7 Å². The van der Waals surface area contributed by atoms with Crippen LogP contribution >= 0.6 is 23.1 Å². The van der Waals surface area contributed by atoms with Gasteiger partial charge < -0.3 is 15.8 Å². The van der Waals surface area contributed by atoms with Crippen LogP contribution < -0.4 is 15.8 Å². The summed E-state index contributed by atoms with van der Waals surface area (Å²) in [6.45, 7) is 5.99. The molecule has 19 heavy (non-hydrogen) atoms. The van der Waals surface area contributed by atoms with Gasteiger partial charge in [-0.2, -0.15) is 0 Å². The number of carbonyl (C=O) groups excluding carboxylic acids is 1. The van der Waals surface area contributed by atoms with Crippen LogP contribution in [-0.2, 0) is 0 Å². The van der Waals surface area contributed by atoms with Gasteiger partial charge >= 0.3 is 0 Å². The van der Waals surface area contributed by atoms with Gasteiger partial charge in [-0.05, 0) is 32.4 Å². The standard InChI is InChI=1S/C13H20N2O2S2/c1-4-18-13-10(17-7(2)3)9(14)11(19-13)12(16)15-8-5-6-8/h7-8H,4-6,14H2,1-3H3,(H,15,16). The summed E-state index contributed by atoms with van der Waals surface area (Å²) in [7, 11) is 0. The Kier molecular flexibility index (Phi) is 4.62. The summed E-state index contributed by atoms with van der Waals surface area (Å²) < 4.78 is 6.76. The van der Waals surface area contributed by atoms with Crippen molar-refractivity contribution in [1.82, 2.24) is 5.32 Å². The molecule has 0 saturated heterocycles. The van der Waals surface area contributed by atoms with Crippen molar-refractivity contribution in [3.05, 3.63) is 4.88 Å². The third-order valence-corrected chi connectivity index (χ3v) is 4.94. The molecular weight excluding hydrogens is 280 g/mol. The van der Waals surface area contributed by atoms with Crippen molar-refractivity contribution in [2.75, 3.05) is 11.5 Å². The molecule has 1 amide bonds. The second kappa shape index (κ2) is 6.05. The average molecular weight is 300 g/mol. The normalized spacial score (nSPS) is 14.7. The topological polar surface area (TPSA) is 64.4 Å². The number of carbonyl (C=O) groups is 1. The lowest BCUT2D eigenvalue weighted by Crippen LogP contribution is -2.25. The first kappa shape index (κ1) is 14.5. The van der Waals surface area contributed by atoms with E-state index in [1.807, 2.05) is 13.8 Å². The lowest BCUT2D eigenvalue weighted by atomic mass is 10.3. The number of anilines is 1. The summed E-state index contributed by atoms with van der Waals surface area (Å²) in [6, 6.07) is 0.339. The zero-order chi connectivity index (χ0) is 14.0. The summed E-state index contributed by atoms with van der Waals surface area (Å²) in [6.07, 6.45) is 2.19. The summed E-state index contributed by atoms with van der Waals surface area (Å²) in [5.74, 6) is 1.53. The second-order valence-electron chi connectivity index (χ2n) is 4.81. The minimum atomic E-state index is -0.0680. The quantitative estimate of drug-likeness (QED) is 0.792. The van der Waals surface area contributed by atoms with Crippen LogP contribution in [0.15, 0.2) is 4.21 Å². The highest BCUT2D eigenvalue weighted by atomic mass is 32.2. The van der Waals surface area contributed by atoms with Crippen molar-refractivity contribution in [3.63, 3.8) is 0 Å². The van der Waals surface area contributed by atoms with Crippen LogP contribution in [0.4, 0.5) is 5.69 Å². The Balaban J connectivity index is 2.24. The van der Waals surface area contributed by atoms with Crippen LogP contribution in [0.1, 0.15) is 43.3 Å². The van der Waals surface area contributed by atoms with E-state index >= 15 is 0 Å². The molecule has 1 aromatic rings. The average Bonchev–Trinajstić information content (AvgIpc) is 3.09. The van der Waals surface area contributed by atoms with E-state index in [-0.39, 0.29) is 12.0 Å². The van der Waals surface area contributed by atoms with Gasteiger partial charge in [0.15, 0.2) is 5.75 Å². The molecule has 1 saturated carbocycles. The van der Waals surface area contributed by atoms with Crippen molar-refractivity contribution in [2.45, 2.75) is 50.0 Å². The van der Waals surface area contributed by atoms with Crippen LogP contribution in [0.2, 0.25) is 0 Å². The maximum atomic E-state index is 12.1. The molecule has 1 aliphatic rings. The first-order valence-electron chi connectivity index (χ1n) is 6.55. The third-order valence-electron chi connectivity index (χ3n) is 2.62. The molecule has 0 unspecified atom stereocenters. The zero-order valence-corrected chi connectivity index (χ0v) is 13.1. The van der Waals surface area contributed by atoms with E-state index in [0.717, 1.165) is 22.8 Å². The fraction of sp³-hybridized carbons (Fsp3) is 0.615. The second-order valence-corrected chi connectivity index (χ2v) is 7.36. The number of nitrogens with one attached hydrogen (secondary N) is 1. The highest BCUT2D eigenvalue weighted by Crippen LogP contribution is 2.44. The van der Waals surface area contributed by atoms with E-state index in [1.165, 1.54) is 11.3 Å². The molecule has 1 aromatic heterocycles. The molecule has 3 N–H and O–H groups in total. The Morgan fingerprint density at radius 2 is 2.26 bits per heavy atom. The third kappa shape index (κ3) is 3.57. The van der Waals surface area contributed by atoms with Gasteiger partial charge in [0.25, 0.3) is 5.91 Å². The molecule has 1 heterocycles. The van der Waals surface area contributed by atoms with Gasteiger partial charge in [-0.3, -0.25) is 4.79 Å². The van der Waals surface area contributed by atoms with Crippen molar-refractivity contribution in [1.29, 1.82) is 0 Å². The Labute approximate surface area is 122 Å². The lowest BCUT2D eigenvalue weighted by molar-refractivity contribution is 0.0955. The number of amides is 1. The Morgan fingerprint density at radius 1 is 1.58 bits per heavy atom. The van der Waals surface area contributed by atoms with Gasteiger partial charge in [-0.1, -0.05) is 6.92 Å². The van der Waals surface area contributed by atoms with E-state index in [0.29, 0.717) is 22.4 Å². The molecular formula is C13H20N2O2S2. The lowest BCUT2D eigenvalue weighted by Gasteiger charge is -2.11.